The Morgan fingerprint density at radius 1 is 1.67 bits per heavy atom. The van der Waals surface area contributed by atoms with Gasteiger partial charge in [-0.1, -0.05) is 0 Å². The lowest BCUT2D eigenvalue weighted by Crippen LogP contribution is -1.92. The Balaban J connectivity index is 2.83. The van der Waals surface area contributed by atoms with Gasteiger partial charge >= 0.3 is 0 Å². The van der Waals surface area contributed by atoms with E-state index in [-0.39, 0.29) is 6.42 Å². The SMILES string of the molecule is N#CCC(O)c1cc(Br)c(Br)o1. The van der Waals surface area contributed by atoms with Gasteiger partial charge in [-0.2, -0.15) is 5.26 Å². The summed E-state index contributed by atoms with van der Waals surface area (Å²) in [6.07, 6.45) is -0.815. The highest BCUT2D eigenvalue weighted by atomic mass is 79.9. The summed E-state index contributed by atoms with van der Waals surface area (Å²) < 4.78 is 6.35. The largest absolute Gasteiger partial charge is 0.450 e. The monoisotopic (exact) mass is 293 g/mol. The van der Waals surface area contributed by atoms with Crippen molar-refractivity contribution >= 4 is 31.9 Å². The predicted molar refractivity (Wildman–Crippen MR) is 49.3 cm³/mol. The molecule has 0 saturated carbocycles. The van der Waals surface area contributed by atoms with Gasteiger partial charge in [0.25, 0.3) is 0 Å². The van der Waals surface area contributed by atoms with Crippen LogP contribution in [0.4, 0.5) is 0 Å². The molecule has 1 atom stereocenters. The van der Waals surface area contributed by atoms with E-state index in [1.165, 1.54) is 0 Å². The van der Waals surface area contributed by atoms with Crippen LogP contribution in [0.1, 0.15) is 18.3 Å². The smallest absolute Gasteiger partial charge is 0.183 e. The molecular formula is C7H5Br2NO2. The number of hydrogen-bond donors (Lipinski definition) is 1. The minimum absolute atomic E-state index is 0.0341. The first-order valence-corrected chi connectivity index (χ1v) is 4.73. The highest BCUT2D eigenvalue weighted by molar-refractivity contribution is 9.13. The molecule has 0 bridgehead atoms. The van der Waals surface area contributed by atoms with Gasteiger partial charge in [0.05, 0.1) is 17.0 Å². The fourth-order valence-electron chi connectivity index (χ4n) is 0.715. The molecule has 0 amide bonds. The predicted octanol–water partition coefficient (Wildman–Crippen LogP) is 2.75. The molecule has 1 unspecified atom stereocenters. The summed E-state index contributed by atoms with van der Waals surface area (Å²) in [6, 6.07) is 3.49. The molecule has 0 aliphatic carbocycles. The minimum atomic E-state index is -0.849. The molecule has 0 fully saturated rings. The minimum Gasteiger partial charge on any atom is -0.450 e. The zero-order chi connectivity index (χ0) is 9.14. The van der Waals surface area contributed by atoms with E-state index in [2.05, 4.69) is 31.9 Å². The first-order valence-electron chi connectivity index (χ1n) is 3.15. The third-order valence-electron chi connectivity index (χ3n) is 1.28. The van der Waals surface area contributed by atoms with E-state index >= 15 is 0 Å². The fourth-order valence-corrected chi connectivity index (χ4v) is 1.32. The van der Waals surface area contributed by atoms with Crippen LogP contribution < -0.4 is 0 Å². The van der Waals surface area contributed by atoms with E-state index in [9.17, 15) is 5.11 Å². The fraction of sp³-hybridized carbons (Fsp3) is 0.286. The van der Waals surface area contributed by atoms with Crippen LogP contribution in [0, 0.1) is 11.3 Å². The number of aliphatic hydroxyl groups is 1. The van der Waals surface area contributed by atoms with Crippen molar-refractivity contribution in [3.05, 3.63) is 21.0 Å². The highest BCUT2D eigenvalue weighted by Crippen LogP contribution is 2.30. The molecule has 1 aromatic heterocycles. The molecule has 0 aliphatic heterocycles. The van der Waals surface area contributed by atoms with Crippen molar-refractivity contribution in [1.29, 1.82) is 5.26 Å². The third kappa shape index (κ3) is 2.09. The van der Waals surface area contributed by atoms with Gasteiger partial charge in [0, 0.05) is 0 Å². The van der Waals surface area contributed by atoms with E-state index in [4.69, 9.17) is 9.68 Å². The Labute approximate surface area is 86.2 Å². The standard InChI is InChI=1S/C7H5Br2NO2/c8-4-3-6(12-7(4)9)5(11)1-2-10/h3,5,11H,1H2. The van der Waals surface area contributed by atoms with Crippen molar-refractivity contribution in [1.82, 2.24) is 0 Å². The van der Waals surface area contributed by atoms with Crippen LogP contribution in [0.5, 0.6) is 0 Å². The van der Waals surface area contributed by atoms with Gasteiger partial charge in [-0.25, -0.2) is 0 Å². The second kappa shape index (κ2) is 4.08. The van der Waals surface area contributed by atoms with Crippen LogP contribution >= 0.6 is 31.9 Å². The van der Waals surface area contributed by atoms with Gasteiger partial charge in [0.2, 0.25) is 0 Å². The van der Waals surface area contributed by atoms with Crippen LogP contribution in [0.25, 0.3) is 0 Å². The van der Waals surface area contributed by atoms with Gasteiger partial charge in [0.15, 0.2) is 4.67 Å². The summed E-state index contributed by atoms with van der Waals surface area (Å²) >= 11 is 6.33. The molecule has 0 radical (unpaired) electrons. The molecule has 12 heavy (non-hydrogen) atoms. The van der Waals surface area contributed by atoms with Crippen molar-refractivity contribution in [2.75, 3.05) is 0 Å². The number of halogens is 2. The van der Waals surface area contributed by atoms with Crippen molar-refractivity contribution < 1.29 is 9.52 Å². The highest BCUT2D eigenvalue weighted by Gasteiger charge is 2.13. The van der Waals surface area contributed by atoms with Gasteiger partial charge in [0.1, 0.15) is 11.9 Å². The van der Waals surface area contributed by atoms with Gasteiger partial charge in [-0.3, -0.25) is 0 Å². The zero-order valence-corrected chi connectivity index (χ0v) is 9.09. The summed E-state index contributed by atoms with van der Waals surface area (Å²) in [5.41, 5.74) is 0. The van der Waals surface area contributed by atoms with Crippen molar-refractivity contribution in [3.8, 4) is 6.07 Å². The molecule has 64 valence electrons. The van der Waals surface area contributed by atoms with Crippen molar-refractivity contribution in [2.45, 2.75) is 12.5 Å². The molecule has 0 saturated heterocycles. The first-order chi connectivity index (χ1) is 5.65. The zero-order valence-electron chi connectivity index (χ0n) is 5.92. The summed E-state index contributed by atoms with van der Waals surface area (Å²) in [5.74, 6) is 0.385. The van der Waals surface area contributed by atoms with Crippen molar-refractivity contribution in [3.63, 3.8) is 0 Å². The van der Waals surface area contributed by atoms with E-state index in [1.807, 2.05) is 6.07 Å². The second-order valence-corrected chi connectivity index (χ2v) is 3.72. The van der Waals surface area contributed by atoms with Crippen LogP contribution in [-0.2, 0) is 0 Å². The summed E-state index contributed by atoms with van der Waals surface area (Å²) in [5, 5.41) is 17.6. The molecule has 5 heteroatoms. The average Bonchev–Trinajstić information content (AvgIpc) is 2.33. The maximum Gasteiger partial charge on any atom is 0.183 e. The topological polar surface area (TPSA) is 57.2 Å². The number of aliphatic hydroxyl groups excluding tert-OH is 1. The Bertz CT molecular complexity index is 296. The Kier molecular flexibility index (Phi) is 3.32. The number of rotatable bonds is 2. The lowest BCUT2D eigenvalue weighted by molar-refractivity contribution is 0.153. The van der Waals surface area contributed by atoms with Crippen LogP contribution in [0.3, 0.4) is 0 Å². The maximum atomic E-state index is 9.30. The van der Waals surface area contributed by atoms with E-state index in [0.29, 0.717) is 10.4 Å². The molecule has 0 aliphatic rings. The number of hydrogen-bond acceptors (Lipinski definition) is 3. The molecule has 0 spiro atoms. The average molecular weight is 295 g/mol. The number of nitriles is 1. The Hall–Kier alpha value is -0.310. The lowest BCUT2D eigenvalue weighted by Gasteiger charge is -1.99. The summed E-state index contributed by atoms with van der Waals surface area (Å²) in [6.45, 7) is 0. The molecule has 1 N–H and O–H groups in total. The number of nitrogens with zero attached hydrogens (tertiary/aromatic N) is 1. The van der Waals surface area contributed by atoms with Gasteiger partial charge < -0.3 is 9.52 Å². The van der Waals surface area contributed by atoms with Crippen LogP contribution in [-0.4, -0.2) is 5.11 Å². The summed E-state index contributed by atoms with van der Waals surface area (Å²) in [4.78, 5) is 0. The second-order valence-electron chi connectivity index (χ2n) is 2.15. The molecule has 1 heterocycles. The first kappa shape index (κ1) is 9.78. The van der Waals surface area contributed by atoms with E-state index < -0.39 is 6.10 Å². The van der Waals surface area contributed by atoms with E-state index in [0.717, 1.165) is 4.47 Å². The molecule has 1 aromatic rings. The van der Waals surface area contributed by atoms with E-state index in [1.54, 1.807) is 6.07 Å². The molecule has 3 nitrogen and oxygen atoms in total. The van der Waals surface area contributed by atoms with Crippen LogP contribution in [0.15, 0.2) is 19.6 Å². The normalized spacial score (nSPS) is 12.5. The Morgan fingerprint density at radius 2 is 2.33 bits per heavy atom. The summed E-state index contributed by atoms with van der Waals surface area (Å²) in [7, 11) is 0. The third-order valence-corrected chi connectivity index (χ3v) is 2.99. The molecule has 1 rings (SSSR count). The quantitative estimate of drug-likeness (QED) is 0.912. The van der Waals surface area contributed by atoms with Crippen molar-refractivity contribution in [2.24, 2.45) is 0 Å². The van der Waals surface area contributed by atoms with Crippen LogP contribution in [0.2, 0.25) is 0 Å². The molecule has 0 aromatic carbocycles. The Morgan fingerprint density at radius 3 is 2.75 bits per heavy atom. The number of furan rings is 1. The maximum absolute atomic E-state index is 9.30. The molecular weight excluding hydrogens is 290 g/mol. The van der Waals surface area contributed by atoms with Gasteiger partial charge in [-0.05, 0) is 37.9 Å². The van der Waals surface area contributed by atoms with Gasteiger partial charge in [-0.15, -0.1) is 0 Å². The lowest BCUT2D eigenvalue weighted by atomic mass is 10.2.